The highest BCUT2D eigenvalue weighted by molar-refractivity contribution is 5.81. The fourth-order valence-corrected chi connectivity index (χ4v) is 2.58. The lowest BCUT2D eigenvalue weighted by Gasteiger charge is -2.30. The van der Waals surface area contributed by atoms with E-state index in [-0.39, 0.29) is 11.9 Å². The van der Waals surface area contributed by atoms with E-state index in [1.165, 1.54) is 0 Å². The van der Waals surface area contributed by atoms with Crippen molar-refractivity contribution in [2.45, 2.75) is 59.1 Å². The van der Waals surface area contributed by atoms with Crippen molar-refractivity contribution in [3.8, 4) is 5.75 Å². The van der Waals surface area contributed by atoms with Crippen molar-refractivity contribution in [3.05, 3.63) is 29.3 Å². The molecule has 0 fully saturated rings. The Hall–Kier alpha value is -1.55. The van der Waals surface area contributed by atoms with E-state index >= 15 is 0 Å². The predicted molar refractivity (Wildman–Crippen MR) is 86.8 cm³/mol. The van der Waals surface area contributed by atoms with E-state index < -0.39 is 11.5 Å². The predicted octanol–water partition coefficient (Wildman–Crippen LogP) is 3.51. The Kier molecular flexibility index (Phi) is 5.12. The van der Waals surface area contributed by atoms with Crippen molar-refractivity contribution >= 4 is 5.91 Å². The summed E-state index contributed by atoms with van der Waals surface area (Å²) in [6.45, 7) is 8.37. The van der Waals surface area contributed by atoms with Crippen LogP contribution >= 0.6 is 0 Å². The Morgan fingerprint density at radius 2 is 2.18 bits per heavy atom. The number of aliphatic hydroxyl groups excluding tert-OH is 1. The van der Waals surface area contributed by atoms with Gasteiger partial charge in [0.1, 0.15) is 5.75 Å². The molecule has 0 spiro atoms. The molecule has 1 heterocycles. The molecule has 4 heteroatoms. The third-order valence-electron chi connectivity index (χ3n) is 4.01. The van der Waals surface area contributed by atoms with E-state index in [0.29, 0.717) is 6.61 Å². The average molecular weight is 305 g/mol. The third-order valence-corrected chi connectivity index (χ3v) is 4.01. The van der Waals surface area contributed by atoms with Crippen molar-refractivity contribution in [2.24, 2.45) is 5.41 Å². The van der Waals surface area contributed by atoms with E-state index in [1.54, 1.807) is 0 Å². The lowest BCUT2D eigenvalue weighted by molar-refractivity contribution is -0.129. The standard InChI is InChI=1S/C18H27NO3/c1-5-6-15(20)12-7-8-16-13(11-12)14(9-10-22-16)19-17(21)18(2,3)4/h7-8,11,14-15,20H,5-6,9-10H2,1-4H3,(H,19,21). The number of ether oxygens (including phenoxy) is 1. The normalized spacial score (nSPS) is 19.0. The summed E-state index contributed by atoms with van der Waals surface area (Å²) in [7, 11) is 0. The molecule has 2 atom stereocenters. The van der Waals surface area contributed by atoms with Crippen molar-refractivity contribution in [3.63, 3.8) is 0 Å². The van der Waals surface area contributed by atoms with Crippen LogP contribution < -0.4 is 10.1 Å². The number of benzene rings is 1. The van der Waals surface area contributed by atoms with E-state index in [4.69, 9.17) is 4.74 Å². The molecule has 4 nitrogen and oxygen atoms in total. The number of carbonyl (C=O) groups is 1. The highest BCUT2D eigenvalue weighted by atomic mass is 16.5. The largest absolute Gasteiger partial charge is 0.493 e. The van der Waals surface area contributed by atoms with Crippen LogP contribution in [0, 0.1) is 5.41 Å². The molecule has 1 amide bonds. The van der Waals surface area contributed by atoms with Gasteiger partial charge in [0.05, 0.1) is 18.8 Å². The first-order valence-electron chi connectivity index (χ1n) is 8.08. The molecule has 1 aromatic carbocycles. The number of aliphatic hydroxyl groups is 1. The zero-order valence-electron chi connectivity index (χ0n) is 14.0. The highest BCUT2D eigenvalue weighted by Crippen LogP contribution is 2.35. The second-order valence-corrected chi connectivity index (χ2v) is 7.01. The van der Waals surface area contributed by atoms with Gasteiger partial charge in [0.2, 0.25) is 5.91 Å². The Bertz CT molecular complexity index is 534. The average Bonchev–Trinajstić information content (AvgIpc) is 2.46. The third kappa shape index (κ3) is 3.80. The van der Waals surface area contributed by atoms with Crippen LogP contribution in [-0.4, -0.2) is 17.6 Å². The van der Waals surface area contributed by atoms with Crippen LogP contribution in [0.4, 0.5) is 0 Å². The van der Waals surface area contributed by atoms with Gasteiger partial charge >= 0.3 is 0 Å². The minimum Gasteiger partial charge on any atom is -0.493 e. The minimum absolute atomic E-state index is 0.0323. The van der Waals surface area contributed by atoms with E-state index in [2.05, 4.69) is 12.2 Å². The zero-order valence-corrected chi connectivity index (χ0v) is 14.0. The van der Waals surface area contributed by atoms with Crippen molar-refractivity contribution in [1.82, 2.24) is 5.32 Å². The van der Waals surface area contributed by atoms with Gasteiger partial charge in [-0.1, -0.05) is 40.2 Å². The summed E-state index contributed by atoms with van der Waals surface area (Å²) in [4.78, 5) is 12.3. The molecule has 2 unspecified atom stereocenters. The lowest BCUT2D eigenvalue weighted by Crippen LogP contribution is -2.39. The summed E-state index contributed by atoms with van der Waals surface area (Å²) in [5.41, 5.74) is 1.44. The first-order valence-corrected chi connectivity index (χ1v) is 8.08. The smallest absolute Gasteiger partial charge is 0.225 e. The second-order valence-electron chi connectivity index (χ2n) is 7.01. The molecular formula is C18H27NO3. The van der Waals surface area contributed by atoms with Crippen LogP contribution in [-0.2, 0) is 4.79 Å². The van der Waals surface area contributed by atoms with Crippen molar-refractivity contribution < 1.29 is 14.6 Å². The number of nitrogens with one attached hydrogen (secondary N) is 1. The Balaban J connectivity index is 2.24. The molecule has 1 aliphatic heterocycles. The van der Waals surface area contributed by atoms with Gasteiger partial charge in [0.25, 0.3) is 0 Å². The topological polar surface area (TPSA) is 58.6 Å². The fraction of sp³-hybridized carbons (Fsp3) is 0.611. The van der Waals surface area contributed by atoms with Crippen LogP contribution in [0.5, 0.6) is 5.75 Å². The number of fused-ring (bicyclic) bond motifs is 1. The van der Waals surface area contributed by atoms with Crippen molar-refractivity contribution in [2.75, 3.05) is 6.61 Å². The highest BCUT2D eigenvalue weighted by Gasteiger charge is 2.28. The minimum atomic E-state index is -0.462. The molecule has 22 heavy (non-hydrogen) atoms. The molecule has 0 bridgehead atoms. The molecule has 0 radical (unpaired) electrons. The maximum atomic E-state index is 12.3. The Morgan fingerprint density at radius 3 is 2.82 bits per heavy atom. The van der Waals surface area contributed by atoms with E-state index in [0.717, 1.165) is 36.1 Å². The Labute approximate surface area is 132 Å². The molecule has 1 aliphatic rings. The summed E-state index contributed by atoms with van der Waals surface area (Å²) in [5, 5.41) is 13.3. The maximum Gasteiger partial charge on any atom is 0.225 e. The van der Waals surface area contributed by atoms with Gasteiger partial charge in [-0.05, 0) is 24.1 Å². The zero-order chi connectivity index (χ0) is 16.3. The quantitative estimate of drug-likeness (QED) is 0.895. The number of amides is 1. The summed E-state index contributed by atoms with van der Waals surface area (Å²) < 4.78 is 5.68. The number of hydrogen-bond acceptors (Lipinski definition) is 3. The number of hydrogen-bond donors (Lipinski definition) is 2. The van der Waals surface area contributed by atoms with Gasteiger partial charge in [0.15, 0.2) is 0 Å². The first-order chi connectivity index (χ1) is 10.3. The lowest BCUT2D eigenvalue weighted by atomic mass is 9.92. The van der Waals surface area contributed by atoms with Gasteiger partial charge in [-0.15, -0.1) is 0 Å². The summed E-state index contributed by atoms with van der Waals surface area (Å²) in [5.74, 6) is 0.836. The van der Waals surface area contributed by atoms with Gasteiger partial charge in [-0.3, -0.25) is 4.79 Å². The molecule has 0 aromatic heterocycles. The molecule has 122 valence electrons. The van der Waals surface area contributed by atoms with Crippen LogP contribution in [0.3, 0.4) is 0 Å². The van der Waals surface area contributed by atoms with Gasteiger partial charge in [0, 0.05) is 17.4 Å². The molecule has 0 saturated carbocycles. The molecule has 1 aromatic rings. The second kappa shape index (κ2) is 6.69. The van der Waals surface area contributed by atoms with Crippen molar-refractivity contribution in [1.29, 1.82) is 0 Å². The number of rotatable bonds is 4. The number of carbonyl (C=O) groups excluding carboxylic acids is 1. The van der Waals surface area contributed by atoms with Gasteiger partial charge in [-0.2, -0.15) is 0 Å². The fourth-order valence-electron chi connectivity index (χ4n) is 2.58. The van der Waals surface area contributed by atoms with Crippen LogP contribution in [0.15, 0.2) is 18.2 Å². The summed E-state index contributed by atoms with van der Waals surface area (Å²) in [6, 6.07) is 5.73. The molecule has 2 N–H and O–H groups in total. The molecule has 2 rings (SSSR count). The van der Waals surface area contributed by atoms with Crippen LogP contribution in [0.1, 0.15) is 70.2 Å². The summed E-state index contributed by atoms with van der Waals surface area (Å²) >= 11 is 0. The molecular weight excluding hydrogens is 278 g/mol. The van der Waals surface area contributed by atoms with Gasteiger partial charge < -0.3 is 15.2 Å². The van der Waals surface area contributed by atoms with Crippen LogP contribution in [0.25, 0.3) is 0 Å². The maximum absolute atomic E-state index is 12.3. The van der Waals surface area contributed by atoms with Gasteiger partial charge in [-0.25, -0.2) is 0 Å². The Morgan fingerprint density at radius 1 is 1.45 bits per heavy atom. The SMILES string of the molecule is CCCC(O)c1ccc2c(c1)C(NC(=O)C(C)(C)C)CCO2. The first kappa shape index (κ1) is 16.8. The van der Waals surface area contributed by atoms with E-state index in [1.807, 2.05) is 39.0 Å². The van der Waals surface area contributed by atoms with E-state index in [9.17, 15) is 9.90 Å². The molecule has 0 saturated heterocycles. The molecule has 0 aliphatic carbocycles. The monoisotopic (exact) mass is 305 g/mol. The summed E-state index contributed by atoms with van der Waals surface area (Å²) in [6.07, 6.45) is 1.95. The van der Waals surface area contributed by atoms with Crippen LogP contribution in [0.2, 0.25) is 0 Å².